The topological polar surface area (TPSA) is 52.6 Å². The summed E-state index contributed by atoms with van der Waals surface area (Å²) in [5.74, 6) is 4.42. The van der Waals surface area contributed by atoms with E-state index in [1.807, 2.05) is 20.8 Å². The van der Waals surface area contributed by atoms with E-state index < -0.39 is 17.4 Å². The van der Waals surface area contributed by atoms with Crippen LogP contribution >= 0.6 is 0 Å². The van der Waals surface area contributed by atoms with Crippen molar-refractivity contribution >= 4 is 11.9 Å². The molecule has 4 nitrogen and oxygen atoms in total. The second-order valence-corrected chi connectivity index (χ2v) is 4.50. The van der Waals surface area contributed by atoms with Gasteiger partial charge < -0.3 is 9.47 Å². The van der Waals surface area contributed by atoms with Crippen molar-refractivity contribution in [3.8, 4) is 11.8 Å². The van der Waals surface area contributed by atoms with Gasteiger partial charge in [-0.2, -0.15) is 0 Å². The van der Waals surface area contributed by atoms with Gasteiger partial charge in [0.05, 0.1) is 14.2 Å². The molecule has 0 saturated heterocycles. The normalized spacial score (nSPS) is 9.65. The molecule has 0 aliphatic heterocycles. The van der Waals surface area contributed by atoms with Gasteiger partial charge >= 0.3 is 11.9 Å². The standard InChI is InChI=1S/C16H22O4/c1-6-7-8-11-16(14(17)19-4,15(18)20-5)12-9-10-13(2)3/h9H,6,11-12H2,1-5H3. The van der Waals surface area contributed by atoms with E-state index in [1.165, 1.54) is 14.2 Å². The lowest BCUT2D eigenvalue weighted by Crippen LogP contribution is -2.40. The lowest BCUT2D eigenvalue weighted by Gasteiger charge is -2.24. The Bertz CT molecular complexity index is 450. The molecule has 0 atom stereocenters. The molecule has 0 fully saturated rings. The molecule has 0 rings (SSSR count). The van der Waals surface area contributed by atoms with Gasteiger partial charge in [-0.15, -0.1) is 17.6 Å². The second-order valence-electron chi connectivity index (χ2n) is 4.50. The smallest absolute Gasteiger partial charge is 0.324 e. The van der Waals surface area contributed by atoms with Crippen LogP contribution in [-0.4, -0.2) is 26.2 Å². The van der Waals surface area contributed by atoms with E-state index in [0.717, 1.165) is 5.57 Å². The number of carbonyl (C=O) groups excluding carboxylic acids is 2. The Kier molecular flexibility index (Phi) is 8.12. The van der Waals surface area contributed by atoms with Crippen LogP contribution in [0, 0.1) is 17.3 Å². The van der Waals surface area contributed by atoms with Crippen LogP contribution < -0.4 is 0 Å². The van der Waals surface area contributed by atoms with E-state index >= 15 is 0 Å². The summed E-state index contributed by atoms with van der Waals surface area (Å²) in [5.41, 5.74) is 2.51. The number of rotatable bonds is 5. The van der Waals surface area contributed by atoms with Crippen LogP contribution in [0.25, 0.3) is 0 Å². The van der Waals surface area contributed by atoms with Crippen molar-refractivity contribution in [2.75, 3.05) is 14.2 Å². The van der Waals surface area contributed by atoms with Crippen LogP contribution in [0.1, 0.15) is 40.0 Å². The van der Waals surface area contributed by atoms with E-state index in [-0.39, 0.29) is 12.8 Å². The number of esters is 2. The number of carbonyl (C=O) groups is 2. The molecule has 0 aliphatic rings. The zero-order chi connectivity index (χ0) is 15.6. The zero-order valence-corrected chi connectivity index (χ0v) is 12.8. The largest absolute Gasteiger partial charge is 0.468 e. The Morgan fingerprint density at radius 1 is 1.10 bits per heavy atom. The Morgan fingerprint density at radius 2 is 1.65 bits per heavy atom. The average molecular weight is 278 g/mol. The summed E-state index contributed by atoms with van der Waals surface area (Å²) in [6, 6.07) is 0. The maximum atomic E-state index is 12.1. The van der Waals surface area contributed by atoms with E-state index in [1.54, 1.807) is 6.08 Å². The molecule has 0 spiro atoms. The highest BCUT2D eigenvalue weighted by molar-refractivity contribution is 6.00. The SMILES string of the molecule is CCC#CCC(CC=C=C(C)C)(C(=O)OC)C(=O)OC. The van der Waals surface area contributed by atoms with Crippen molar-refractivity contribution in [2.45, 2.75) is 40.0 Å². The molecule has 0 aromatic rings. The third-order valence-corrected chi connectivity index (χ3v) is 2.69. The molecule has 0 saturated carbocycles. The number of hydrogen-bond donors (Lipinski definition) is 0. The minimum absolute atomic E-state index is 0.0706. The summed E-state index contributed by atoms with van der Waals surface area (Å²) < 4.78 is 9.53. The van der Waals surface area contributed by atoms with Crippen molar-refractivity contribution in [3.63, 3.8) is 0 Å². The fraction of sp³-hybridized carbons (Fsp3) is 0.562. The molecule has 0 amide bonds. The number of ether oxygens (including phenoxy) is 2. The van der Waals surface area contributed by atoms with Gasteiger partial charge in [0.25, 0.3) is 0 Å². The minimum Gasteiger partial charge on any atom is -0.468 e. The molecule has 0 aliphatic carbocycles. The highest BCUT2D eigenvalue weighted by atomic mass is 16.5. The van der Waals surface area contributed by atoms with Gasteiger partial charge in [0.1, 0.15) is 0 Å². The molecule has 0 heterocycles. The molecule has 110 valence electrons. The highest BCUT2D eigenvalue weighted by Crippen LogP contribution is 2.30. The second kappa shape index (κ2) is 9.01. The van der Waals surface area contributed by atoms with Crippen LogP contribution in [0.5, 0.6) is 0 Å². The molecule has 4 heteroatoms. The van der Waals surface area contributed by atoms with E-state index in [0.29, 0.717) is 6.42 Å². The van der Waals surface area contributed by atoms with Gasteiger partial charge in [-0.25, -0.2) is 0 Å². The van der Waals surface area contributed by atoms with Crippen LogP contribution in [0.15, 0.2) is 17.4 Å². The van der Waals surface area contributed by atoms with Crippen molar-refractivity contribution in [1.29, 1.82) is 0 Å². The minimum atomic E-state index is -1.42. The number of allylic oxidation sites excluding steroid dienone is 1. The van der Waals surface area contributed by atoms with Gasteiger partial charge in [-0.1, -0.05) is 6.92 Å². The number of hydrogen-bond acceptors (Lipinski definition) is 4. The van der Waals surface area contributed by atoms with Gasteiger partial charge in [0.2, 0.25) is 0 Å². The Hall–Kier alpha value is -1.98. The predicted molar refractivity (Wildman–Crippen MR) is 76.7 cm³/mol. The zero-order valence-electron chi connectivity index (χ0n) is 12.8. The fourth-order valence-electron chi connectivity index (χ4n) is 1.63. The lowest BCUT2D eigenvalue weighted by atomic mass is 9.81. The molecular formula is C16H22O4. The van der Waals surface area contributed by atoms with Crippen molar-refractivity contribution in [1.82, 2.24) is 0 Å². The third kappa shape index (κ3) is 4.95. The van der Waals surface area contributed by atoms with Gasteiger partial charge in [-0.05, 0) is 25.5 Å². The van der Waals surface area contributed by atoms with Crippen molar-refractivity contribution in [2.24, 2.45) is 5.41 Å². The van der Waals surface area contributed by atoms with Crippen molar-refractivity contribution < 1.29 is 19.1 Å². The maximum Gasteiger partial charge on any atom is 0.324 e. The van der Waals surface area contributed by atoms with Crippen molar-refractivity contribution in [3.05, 3.63) is 17.4 Å². The summed E-state index contributed by atoms with van der Waals surface area (Å²) in [6.45, 7) is 5.66. The molecule has 0 unspecified atom stereocenters. The third-order valence-electron chi connectivity index (χ3n) is 2.69. The predicted octanol–water partition coefficient (Wildman–Crippen LogP) is 2.63. The molecule has 0 aromatic heterocycles. The summed E-state index contributed by atoms with van der Waals surface area (Å²) in [7, 11) is 2.50. The van der Waals surface area contributed by atoms with Crippen LogP contribution in [-0.2, 0) is 19.1 Å². The monoisotopic (exact) mass is 278 g/mol. The fourth-order valence-corrected chi connectivity index (χ4v) is 1.63. The van der Waals surface area contributed by atoms with Crippen LogP contribution in [0.4, 0.5) is 0 Å². The average Bonchev–Trinajstić information content (AvgIpc) is 2.43. The summed E-state index contributed by atoms with van der Waals surface area (Å²) in [4.78, 5) is 24.1. The van der Waals surface area contributed by atoms with E-state index in [9.17, 15) is 9.59 Å². The van der Waals surface area contributed by atoms with Gasteiger partial charge in [-0.3, -0.25) is 9.59 Å². The molecule has 0 bridgehead atoms. The Labute approximate surface area is 120 Å². The Balaban J connectivity index is 5.59. The molecule has 0 N–H and O–H groups in total. The first-order valence-corrected chi connectivity index (χ1v) is 6.45. The number of methoxy groups -OCH3 is 2. The summed E-state index contributed by atoms with van der Waals surface area (Å²) in [5, 5.41) is 0. The van der Waals surface area contributed by atoms with Gasteiger partial charge in [0, 0.05) is 19.3 Å². The van der Waals surface area contributed by atoms with E-state index in [2.05, 4.69) is 17.6 Å². The lowest BCUT2D eigenvalue weighted by molar-refractivity contribution is -0.168. The summed E-state index contributed by atoms with van der Waals surface area (Å²) >= 11 is 0. The quantitative estimate of drug-likeness (QED) is 0.336. The molecule has 0 radical (unpaired) electrons. The Morgan fingerprint density at radius 3 is 2.05 bits per heavy atom. The molecular weight excluding hydrogens is 256 g/mol. The van der Waals surface area contributed by atoms with Gasteiger partial charge in [0.15, 0.2) is 5.41 Å². The maximum absolute atomic E-state index is 12.1. The first kappa shape index (κ1) is 18.0. The summed E-state index contributed by atoms with van der Waals surface area (Å²) in [6.07, 6.45) is 2.52. The van der Waals surface area contributed by atoms with Crippen LogP contribution in [0.2, 0.25) is 0 Å². The van der Waals surface area contributed by atoms with Crippen LogP contribution in [0.3, 0.4) is 0 Å². The molecule has 20 heavy (non-hydrogen) atoms. The molecule has 0 aromatic carbocycles. The first-order chi connectivity index (χ1) is 9.44. The highest BCUT2D eigenvalue weighted by Gasteiger charge is 2.47. The van der Waals surface area contributed by atoms with E-state index in [4.69, 9.17) is 9.47 Å². The first-order valence-electron chi connectivity index (χ1n) is 6.45.